The largest absolute Gasteiger partial charge is 0.504 e. The van der Waals surface area contributed by atoms with Crippen LogP contribution in [0.5, 0.6) is 17.2 Å². The van der Waals surface area contributed by atoms with Crippen molar-refractivity contribution in [2.45, 2.75) is 26.4 Å². The highest BCUT2D eigenvalue weighted by molar-refractivity contribution is 5.87. The molecular formula is C22H28N2O7. The molecule has 0 fully saturated rings. The lowest BCUT2D eigenvalue weighted by molar-refractivity contribution is -0.120. The fraction of sp³-hybridized carbons (Fsp3) is 0.364. The highest BCUT2D eigenvalue weighted by Gasteiger charge is 2.15. The molecule has 2 aromatic carbocycles. The molecule has 2 amide bonds. The van der Waals surface area contributed by atoms with E-state index in [1.807, 2.05) is 6.07 Å². The second-order valence-electron chi connectivity index (χ2n) is 6.57. The van der Waals surface area contributed by atoms with E-state index in [1.54, 1.807) is 31.2 Å². The molecule has 0 spiro atoms. The Bertz CT molecular complexity index is 915. The van der Waals surface area contributed by atoms with Gasteiger partial charge in [-0.1, -0.05) is 12.1 Å². The van der Waals surface area contributed by atoms with Crippen LogP contribution in [0.4, 0.5) is 10.5 Å². The molecule has 2 aromatic rings. The van der Waals surface area contributed by atoms with Gasteiger partial charge < -0.3 is 29.7 Å². The molecule has 4 N–H and O–H groups in total. The van der Waals surface area contributed by atoms with Crippen LogP contribution in [0.2, 0.25) is 0 Å². The minimum absolute atomic E-state index is 0.00568. The van der Waals surface area contributed by atoms with E-state index in [-0.39, 0.29) is 36.0 Å². The number of nitrogens with one attached hydrogen (secondary N) is 2. The number of rotatable bonds is 10. The molecular weight excluding hydrogens is 404 g/mol. The summed E-state index contributed by atoms with van der Waals surface area (Å²) in [6.07, 6.45) is -0.0478. The molecule has 0 unspecified atom stereocenters. The molecule has 9 heteroatoms. The number of ether oxygens (including phenoxy) is 3. The predicted molar refractivity (Wildman–Crippen MR) is 115 cm³/mol. The van der Waals surface area contributed by atoms with Gasteiger partial charge in [0, 0.05) is 12.1 Å². The van der Waals surface area contributed by atoms with Gasteiger partial charge in [0.1, 0.15) is 5.75 Å². The average molecular weight is 432 g/mol. The molecule has 0 aliphatic rings. The smallest absolute Gasteiger partial charge is 0.411 e. The van der Waals surface area contributed by atoms with Gasteiger partial charge >= 0.3 is 6.09 Å². The summed E-state index contributed by atoms with van der Waals surface area (Å²) < 4.78 is 15.2. The van der Waals surface area contributed by atoms with Crippen molar-refractivity contribution < 1.29 is 34.0 Å². The molecule has 2 rings (SSSR count). The van der Waals surface area contributed by atoms with Crippen LogP contribution < -0.4 is 20.1 Å². The van der Waals surface area contributed by atoms with Crippen LogP contribution in [0, 0.1) is 0 Å². The van der Waals surface area contributed by atoms with E-state index in [0.29, 0.717) is 30.0 Å². The highest BCUT2D eigenvalue weighted by Crippen LogP contribution is 2.32. The normalized spacial score (nSPS) is 10.3. The van der Waals surface area contributed by atoms with Crippen molar-refractivity contribution in [3.8, 4) is 17.2 Å². The number of hydrogen-bond donors (Lipinski definition) is 4. The zero-order chi connectivity index (χ0) is 22.8. The molecule has 0 bridgehead atoms. The van der Waals surface area contributed by atoms with Crippen LogP contribution in [-0.4, -0.2) is 49.6 Å². The molecule has 0 saturated carbocycles. The number of carbonyl (C=O) groups is 2. The Hall–Kier alpha value is -3.46. The number of aliphatic hydroxyl groups excluding tert-OH is 1. The maximum atomic E-state index is 12.3. The number of benzene rings is 2. The van der Waals surface area contributed by atoms with Gasteiger partial charge in [0.2, 0.25) is 5.91 Å². The summed E-state index contributed by atoms with van der Waals surface area (Å²) in [7, 11) is 2.92. The van der Waals surface area contributed by atoms with Gasteiger partial charge in [-0.05, 0) is 42.7 Å². The molecule has 0 aliphatic carbocycles. The molecule has 0 saturated heterocycles. The van der Waals surface area contributed by atoms with Gasteiger partial charge in [0.15, 0.2) is 11.5 Å². The lowest BCUT2D eigenvalue weighted by Gasteiger charge is -2.13. The van der Waals surface area contributed by atoms with Crippen LogP contribution in [0.25, 0.3) is 0 Å². The average Bonchev–Trinajstić information content (AvgIpc) is 2.74. The van der Waals surface area contributed by atoms with Crippen molar-refractivity contribution >= 4 is 17.7 Å². The summed E-state index contributed by atoms with van der Waals surface area (Å²) >= 11 is 0. The Kier molecular flexibility index (Phi) is 8.95. The maximum absolute atomic E-state index is 12.3. The second kappa shape index (κ2) is 11.7. The minimum atomic E-state index is -0.575. The van der Waals surface area contributed by atoms with Crippen molar-refractivity contribution in [2.24, 2.45) is 0 Å². The Balaban J connectivity index is 1.97. The van der Waals surface area contributed by atoms with E-state index in [9.17, 15) is 19.8 Å². The Morgan fingerprint density at radius 1 is 1.06 bits per heavy atom. The first kappa shape index (κ1) is 23.8. The predicted octanol–water partition coefficient (Wildman–Crippen LogP) is 2.37. The molecule has 9 nitrogen and oxygen atoms in total. The molecule has 0 radical (unpaired) electrons. The zero-order valence-corrected chi connectivity index (χ0v) is 17.9. The monoisotopic (exact) mass is 432 g/mol. The summed E-state index contributed by atoms with van der Waals surface area (Å²) in [5.74, 6) is 0.310. The molecule has 0 aromatic heterocycles. The van der Waals surface area contributed by atoms with Crippen molar-refractivity contribution in [3.05, 3.63) is 47.0 Å². The van der Waals surface area contributed by atoms with Crippen LogP contribution in [0.15, 0.2) is 30.3 Å². The number of methoxy groups -OCH3 is 2. The number of phenols is 1. The fourth-order valence-corrected chi connectivity index (χ4v) is 3.03. The number of aliphatic hydroxyl groups is 1. The number of aromatic hydroxyl groups is 1. The maximum Gasteiger partial charge on any atom is 0.411 e. The van der Waals surface area contributed by atoms with Crippen molar-refractivity contribution in [3.63, 3.8) is 0 Å². The van der Waals surface area contributed by atoms with E-state index >= 15 is 0 Å². The highest BCUT2D eigenvalue weighted by atomic mass is 16.5. The Morgan fingerprint density at radius 2 is 1.77 bits per heavy atom. The molecule has 31 heavy (non-hydrogen) atoms. The lowest BCUT2D eigenvalue weighted by Crippen LogP contribution is -2.27. The SMILES string of the molecule is CCOC(=O)Nc1cc(CCNC(=O)Cc2ccc(OC)c(O)c2CO)ccc1OC. The summed E-state index contributed by atoms with van der Waals surface area (Å²) in [6, 6.07) is 8.51. The standard InChI is InChI=1S/C22H28N2O7/c1-4-31-22(28)24-17-11-14(5-7-18(17)29-2)9-10-23-20(26)12-15-6-8-19(30-3)21(27)16(15)13-25/h5-8,11,25,27H,4,9-10,12-13H2,1-3H3,(H,23,26)(H,24,28). The summed E-state index contributed by atoms with van der Waals surface area (Å²) in [5, 5.41) is 25.1. The third kappa shape index (κ3) is 6.51. The molecule has 0 aliphatic heterocycles. The summed E-state index contributed by atoms with van der Waals surface area (Å²) in [5.41, 5.74) is 2.14. The Labute approximate surface area is 180 Å². The van der Waals surface area contributed by atoms with Crippen molar-refractivity contribution in [1.29, 1.82) is 0 Å². The van der Waals surface area contributed by atoms with Gasteiger partial charge in [-0.2, -0.15) is 0 Å². The first-order chi connectivity index (χ1) is 14.9. The van der Waals surface area contributed by atoms with Gasteiger partial charge in [0.05, 0.1) is 39.5 Å². The summed E-state index contributed by atoms with van der Waals surface area (Å²) in [6.45, 7) is 1.92. The van der Waals surface area contributed by atoms with Crippen LogP contribution in [0.1, 0.15) is 23.6 Å². The number of amides is 2. The molecule has 0 heterocycles. The van der Waals surface area contributed by atoms with Gasteiger partial charge in [-0.25, -0.2) is 4.79 Å². The minimum Gasteiger partial charge on any atom is -0.504 e. The number of anilines is 1. The van der Waals surface area contributed by atoms with Crippen LogP contribution in [-0.2, 0) is 29.0 Å². The van der Waals surface area contributed by atoms with E-state index in [1.165, 1.54) is 14.2 Å². The van der Waals surface area contributed by atoms with Crippen molar-refractivity contribution in [1.82, 2.24) is 5.32 Å². The van der Waals surface area contributed by atoms with Gasteiger partial charge in [-0.15, -0.1) is 0 Å². The van der Waals surface area contributed by atoms with E-state index in [0.717, 1.165) is 5.56 Å². The van der Waals surface area contributed by atoms with Crippen LogP contribution in [0.3, 0.4) is 0 Å². The number of carbonyl (C=O) groups excluding carboxylic acids is 2. The number of hydrogen-bond acceptors (Lipinski definition) is 7. The lowest BCUT2D eigenvalue weighted by atomic mass is 10.0. The second-order valence-corrected chi connectivity index (χ2v) is 6.57. The van der Waals surface area contributed by atoms with Gasteiger partial charge in [0.25, 0.3) is 0 Å². The van der Waals surface area contributed by atoms with E-state index in [2.05, 4.69) is 10.6 Å². The fourth-order valence-electron chi connectivity index (χ4n) is 3.03. The Morgan fingerprint density at radius 3 is 2.42 bits per heavy atom. The third-order valence-electron chi connectivity index (χ3n) is 4.58. The van der Waals surface area contributed by atoms with E-state index < -0.39 is 12.7 Å². The molecule has 0 atom stereocenters. The molecule has 168 valence electrons. The summed E-state index contributed by atoms with van der Waals surface area (Å²) in [4.78, 5) is 24.0. The third-order valence-corrected chi connectivity index (χ3v) is 4.58. The van der Waals surface area contributed by atoms with Crippen LogP contribution >= 0.6 is 0 Å². The quantitative estimate of drug-likeness (QED) is 0.454. The first-order valence-electron chi connectivity index (χ1n) is 9.79. The topological polar surface area (TPSA) is 126 Å². The van der Waals surface area contributed by atoms with E-state index in [4.69, 9.17) is 14.2 Å². The first-order valence-corrected chi connectivity index (χ1v) is 9.79. The van der Waals surface area contributed by atoms with Crippen molar-refractivity contribution in [2.75, 3.05) is 32.7 Å². The van der Waals surface area contributed by atoms with Gasteiger partial charge in [-0.3, -0.25) is 10.1 Å². The zero-order valence-electron chi connectivity index (χ0n) is 17.9.